The number of carbonyl (C=O) groups excluding carboxylic acids is 1. The first-order valence-electron chi connectivity index (χ1n) is 5.63. The molecule has 1 saturated carbocycles. The predicted molar refractivity (Wildman–Crippen MR) is 56.3 cm³/mol. The Morgan fingerprint density at radius 3 is 2.93 bits per heavy atom. The Morgan fingerprint density at radius 1 is 1.60 bits per heavy atom. The fourth-order valence-corrected chi connectivity index (χ4v) is 2.73. The molecule has 0 aromatic carbocycles. The zero-order valence-corrected chi connectivity index (χ0v) is 9.36. The largest absolute Gasteiger partial charge is 0.466 e. The maximum Gasteiger partial charge on any atom is 0.312 e. The Hall–Kier alpha value is -0.830. The molecule has 3 aliphatic rings. The molecule has 3 heteroatoms. The van der Waals surface area contributed by atoms with Crippen LogP contribution in [0.4, 0.5) is 0 Å². The van der Waals surface area contributed by atoms with E-state index in [-0.39, 0.29) is 17.5 Å². The van der Waals surface area contributed by atoms with E-state index in [1.54, 1.807) is 7.11 Å². The number of allylic oxidation sites excluding steroid dienone is 1. The topological polar surface area (TPSA) is 35.5 Å². The lowest BCUT2D eigenvalue weighted by atomic mass is 9.66. The van der Waals surface area contributed by atoms with Crippen LogP contribution in [0.1, 0.15) is 26.2 Å². The minimum absolute atomic E-state index is 0.103. The fourth-order valence-electron chi connectivity index (χ4n) is 2.73. The average molecular weight is 210 g/mol. The summed E-state index contributed by atoms with van der Waals surface area (Å²) in [5.74, 6) is 0.330. The highest BCUT2D eigenvalue weighted by Crippen LogP contribution is 2.45. The fraction of sp³-hybridized carbons (Fsp3) is 0.750. The number of hydrogen-bond donors (Lipinski definition) is 0. The first-order valence-corrected chi connectivity index (χ1v) is 5.63. The highest BCUT2D eigenvalue weighted by molar-refractivity contribution is 5.75. The van der Waals surface area contributed by atoms with Gasteiger partial charge in [-0.2, -0.15) is 0 Å². The molecule has 0 amide bonds. The molecule has 0 saturated heterocycles. The zero-order valence-electron chi connectivity index (χ0n) is 9.36. The third kappa shape index (κ3) is 1.69. The van der Waals surface area contributed by atoms with Crippen molar-refractivity contribution in [3.05, 3.63) is 12.2 Å². The van der Waals surface area contributed by atoms with Gasteiger partial charge in [0, 0.05) is 7.11 Å². The molecule has 0 aliphatic heterocycles. The molecule has 3 atom stereocenters. The number of rotatable bonds is 3. The van der Waals surface area contributed by atoms with Gasteiger partial charge in [-0.3, -0.25) is 4.79 Å². The van der Waals surface area contributed by atoms with E-state index in [0.29, 0.717) is 12.5 Å². The molecule has 3 unspecified atom stereocenters. The minimum Gasteiger partial charge on any atom is -0.466 e. The summed E-state index contributed by atoms with van der Waals surface area (Å²) in [7, 11) is 1.68. The van der Waals surface area contributed by atoms with E-state index < -0.39 is 0 Å². The second-order valence-corrected chi connectivity index (χ2v) is 4.36. The highest BCUT2D eigenvalue weighted by atomic mass is 16.5. The van der Waals surface area contributed by atoms with Gasteiger partial charge >= 0.3 is 5.97 Å². The van der Waals surface area contributed by atoms with Gasteiger partial charge in [-0.1, -0.05) is 12.2 Å². The van der Waals surface area contributed by atoms with Crippen molar-refractivity contribution in [1.82, 2.24) is 0 Å². The molecule has 0 heterocycles. The first kappa shape index (κ1) is 10.7. The van der Waals surface area contributed by atoms with Gasteiger partial charge in [-0.15, -0.1) is 0 Å². The normalized spacial score (nSPS) is 38.0. The van der Waals surface area contributed by atoms with E-state index >= 15 is 0 Å². The summed E-state index contributed by atoms with van der Waals surface area (Å²) < 4.78 is 10.7. The Balaban J connectivity index is 2.19. The molecule has 3 nitrogen and oxygen atoms in total. The molecule has 2 bridgehead atoms. The van der Waals surface area contributed by atoms with Crippen molar-refractivity contribution in [1.29, 1.82) is 0 Å². The zero-order chi connectivity index (χ0) is 10.9. The maximum atomic E-state index is 11.8. The molecular weight excluding hydrogens is 192 g/mol. The number of hydrogen-bond acceptors (Lipinski definition) is 3. The van der Waals surface area contributed by atoms with Crippen molar-refractivity contribution in [3.8, 4) is 0 Å². The lowest BCUT2D eigenvalue weighted by Crippen LogP contribution is -2.49. The van der Waals surface area contributed by atoms with Crippen LogP contribution >= 0.6 is 0 Å². The third-order valence-corrected chi connectivity index (χ3v) is 3.64. The van der Waals surface area contributed by atoms with Crippen molar-refractivity contribution in [2.75, 3.05) is 13.7 Å². The first-order chi connectivity index (χ1) is 7.22. The number of fused-ring (bicyclic) bond motifs is 2. The maximum absolute atomic E-state index is 11.8. The Kier molecular flexibility index (Phi) is 2.83. The molecule has 3 rings (SSSR count). The molecule has 0 aromatic heterocycles. The Bertz CT molecular complexity index is 285. The van der Waals surface area contributed by atoms with E-state index in [2.05, 4.69) is 12.2 Å². The van der Waals surface area contributed by atoms with E-state index in [0.717, 1.165) is 19.3 Å². The van der Waals surface area contributed by atoms with Crippen LogP contribution in [0.2, 0.25) is 0 Å². The van der Waals surface area contributed by atoms with Crippen molar-refractivity contribution in [2.24, 2.45) is 11.8 Å². The Morgan fingerprint density at radius 2 is 2.40 bits per heavy atom. The van der Waals surface area contributed by atoms with E-state index in [1.165, 1.54) is 0 Å². The quantitative estimate of drug-likeness (QED) is 0.527. The second kappa shape index (κ2) is 3.97. The van der Waals surface area contributed by atoms with Crippen LogP contribution in [0, 0.1) is 11.8 Å². The summed E-state index contributed by atoms with van der Waals surface area (Å²) in [4.78, 5) is 11.8. The predicted octanol–water partition coefficient (Wildman–Crippen LogP) is 1.92. The van der Waals surface area contributed by atoms with E-state index in [9.17, 15) is 4.79 Å². The summed E-state index contributed by atoms with van der Waals surface area (Å²) in [6.45, 7) is 2.29. The molecule has 0 radical (unpaired) electrons. The third-order valence-electron chi connectivity index (χ3n) is 3.64. The van der Waals surface area contributed by atoms with E-state index in [1.807, 2.05) is 6.92 Å². The van der Waals surface area contributed by atoms with Crippen molar-refractivity contribution in [3.63, 3.8) is 0 Å². The van der Waals surface area contributed by atoms with Crippen LogP contribution in [0.5, 0.6) is 0 Å². The minimum atomic E-state index is -0.388. The van der Waals surface area contributed by atoms with E-state index in [4.69, 9.17) is 9.47 Å². The van der Waals surface area contributed by atoms with Crippen LogP contribution in [-0.4, -0.2) is 25.3 Å². The summed E-state index contributed by atoms with van der Waals surface area (Å²) in [6.07, 6.45) is 7.19. The molecule has 0 N–H and O–H groups in total. The van der Waals surface area contributed by atoms with Crippen molar-refractivity contribution >= 4 is 5.97 Å². The van der Waals surface area contributed by atoms with Crippen LogP contribution in [0.25, 0.3) is 0 Å². The standard InChI is InChI=1S/C12H18O3/c1-3-15-11(13)10-8-9-4-6-12(10,14-2)7-5-9/h4,6,9-10H,3,5,7-8H2,1-2H3. The SMILES string of the molecule is CCOC(=O)C1CC2C=CC1(OC)CC2. The van der Waals surface area contributed by atoms with Gasteiger partial charge < -0.3 is 9.47 Å². The van der Waals surface area contributed by atoms with Crippen LogP contribution in [0.15, 0.2) is 12.2 Å². The lowest BCUT2D eigenvalue weighted by Gasteiger charge is -2.45. The second-order valence-electron chi connectivity index (χ2n) is 4.36. The van der Waals surface area contributed by atoms with Gasteiger partial charge in [-0.25, -0.2) is 0 Å². The summed E-state index contributed by atoms with van der Waals surface area (Å²) in [5, 5.41) is 0. The average Bonchev–Trinajstić information content (AvgIpc) is 2.30. The molecule has 1 fully saturated rings. The summed E-state index contributed by atoms with van der Waals surface area (Å²) in [5.41, 5.74) is -0.388. The van der Waals surface area contributed by atoms with Crippen molar-refractivity contribution in [2.45, 2.75) is 31.8 Å². The van der Waals surface area contributed by atoms with Gasteiger partial charge in [0.05, 0.1) is 18.1 Å². The van der Waals surface area contributed by atoms with Gasteiger partial charge in [0.2, 0.25) is 0 Å². The molecule has 15 heavy (non-hydrogen) atoms. The van der Waals surface area contributed by atoms with Gasteiger partial charge in [0.25, 0.3) is 0 Å². The van der Waals surface area contributed by atoms with Gasteiger partial charge in [0.15, 0.2) is 0 Å². The number of esters is 1. The molecule has 3 aliphatic carbocycles. The molecule has 84 valence electrons. The monoisotopic (exact) mass is 210 g/mol. The molecular formula is C12H18O3. The molecule has 0 spiro atoms. The smallest absolute Gasteiger partial charge is 0.312 e. The van der Waals surface area contributed by atoms with Crippen LogP contribution in [-0.2, 0) is 14.3 Å². The number of ether oxygens (including phenoxy) is 2. The van der Waals surface area contributed by atoms with Crippen LogP contribution in [0.3, 0.4) is 0 Å². The lowest BCUT2D eigenvalue weighted by molar-refractivity contribution is -0.163. The van der Waals surface area contributed by atoms with Gasteiger partial charge in [0.1, 0.15) is 0 Å². The van der Waals surface area contributed by atoms with Gasteiger partial charge in [-0.05, 0) is 32.1 Å². The number of carbonyl (C=O) groups is 1. The Labute approximate surface area is 90.4 Å². The molecule has 0 aromatic rings. The summed E-state index contributed by atoms with van der Waals surface area (Å²) in [6, 6.07) is 0. The van der Waals surface area contributed by atoms with Crippen molar-refractivity contribution < 1.29 is 14.3 Å². The van der Waals surface area contributed by atoms with Crippen LogP contribution < -0.4 is 0 Å². The number of methoxy groups -OCH3 is 1. The highest BCUT2D eigenvalue weighted by Gasteiger charge is 2.49. The summed E-state index contributed by atoms with van der Waals surface area (Å²) >= 11 is 0.